The predicted octanol–water partition coefficient (Wildman–Crippen LogP) is 1.86. The van der Waals surface area contributed by atoms with Gasteiger partial charge < -0.3 is 10.4 Å². The smallest absolute Gasteiger partial charge is 0.339 e. The summed E-state index contributed by atoms with van der Waals surface area (Å²) in [5.74, 6) is -0.00499. The Morgan fingerprint density at radius 1 is 1.67 bits per heavy atom. The van der Waals surface area contributed by atoms with Crippen molar-refractivity contribution in [3.63, 3.8) is 0 Å². The van der Waals surface area contributed by atoms with Gasteiger partial charge in [0.05, 0.1) is 5.69 Å². The zero-order valence-corrected chi connectivity index (χ0v) is 9.60. The lowest BCUT2D eigenvalue weighted by molar-refractivity contribution is 0.0697. The van der Waals surface area contributed by atoms with Gasteiger partial charge in [-0.3, -0.25) is 4.98 Å². The van der Waals surface area contributed by atoms with E-state index in [1.54, 1.807) is 17.8 Å². The van der Waals surface area contributed by atoms with Gasteiger partial charge >= 0.3 is 5.97 Å². The number of hydrogen-bond donors (Lipinski definition) is 2. The number of thioether (sulfide) groups is 1. The number of aryl methyl sites for hydroxylation is 1. The number of aromatic carboxylic acids is 1. The van der Waals surface area contributed by atoms with Crippen molar-refractivity contribution in [1.82, 2.24) is 4.98 Å². The molecule has 4 nitrogen and oxygen atoms in total. The number of carboxylic acids is 1. The molecular formula is C10H14N2O2S. The third-order valence-electron chi connectivity index (χ3n) is 1.89. The number of carbonyl (C=O) groups is 1. The molecule has 0 saturated carbocycles. The van der Waals surface area contributed by atoms with E-state index in [1.807, 2.05) is 13.2 Å². The number of anilines is 1. The lowest BCUT2D eigenvalue weighted by atomic mass is 10.2. The highest BCUT2D eigenvalue weighted by Crippen LogP contribution is 2.15. The number of aromatic nitrogens is 1. The molecular weight excluding hydrogens is 212 g/mol. The van der Waals surface area contributed by atoms with Crippen molar-refractivity contribution in [2.75, 3.05) is 23.9 Å². The molecule has 2 N–H and O–H groups in total. The first-order valence-electron chi connectivity index (χ1n) is 4.58. The summed E-state index contributed by atoms with van der Waals surface area (Å²) >= 11 is 1.71. The Morgan fingerprint density at radius 3 is 3.00 bits per heavy atom. The van der Waals surface area contributed by atoms with Gasteiger partial charge in [-0.1, -0.05) is 0 Å². The topological polar surface area (TPSA) is 62.2 Å². The second kappa shape index (κ2) is 5.60. The second-order valence-electron chi connectivity index (χ2n) is 3.10. The zero-order chi connectivity index (χ0) is 11.3. The quantitative estimate of drug-likeness (QED) is 0.750. The summed E-state index contributed by atoms with van der Waals surface area (Å²) in [6, 6.07) is 1.75. The highest BCUT2D eigenvalue weighted by atomic mass is 32.2. The average Bonchev–Trinajstić information content (AvgIpc) is 2.18. The fraction of sp³-hybridized carbons (Fsp3) is 0.400. The number of nitrogens with one attached hydrogen (secondary N) is 1. The molecule has 1 aromatic rings. The SMILES string of the molecule is CSCCNc1cc(C)ncc1C(=O)O. The second-order valence-corrected chi connectivity index (χ2v) is 4.08. The van der Waals surface area contributed by atoms with Crippen LogP contribution >= 0.6 is 11.8 Å². The van der Waals surface area contributed by atoms with E-state index in [9.17, 15) is 4.79 Å². The molecule has 0 aliphatic rings. The van der Waals surface area contributed by atoms with E-state index < -0.39 is 5.97 Å². The molecule has 0 radical (unpaired) electrons. The van der Waals surface area contributed by atoms with Gasteiger partial charge in [0.15, 0.2) is 0 Å². The lowest BCUT2D eigenvalue weighted by Crippen LogP contribution is -2.10. The number of hydrogen-bond acceptors (Lipinski definition) is 4. The molecule has 5 heteroatoms. The maximum absolute atomic E-state index is 10.9. The van der Waals surface area contributed by atoms with Crippen molar-refractivity contribution < 1.29 is 9.90 Å². The fourth-order valence-electron chi connectivity index (χ4n) is 1.16. The van der Waals surface area contributed by atoms with E-state index in [0.29, 0.717) is 5.69 Å². The molecule has 0 fully saturated rings. The number of carboxylic acid groups (broad SMARTS) is 1. The van der Waals surface area contributed by atoms with Crippen LogP contribution < -0.4 is 5.32 Å². The van der Waals surface area contributed by atoms with Gasteiger partial charge in [0, 0.05) is 24.2 Å². The number of rotatable bonds is 5. The van der Waals surface area contributed by atoms with Crippen LogP contribution in [-0.4, -0.2) is 34.6 Å². The first-order valence-corrected chi connectivity index (χ1v) is 5.97. The number of pyridine rings is 1. The van der Waals surface area contributed by atoms with Crippen molar-refractivity contribution in [3.05, 3.63) is 23.5 Å². The van der Waals surface area contributed by atoms with Crippen LogP contribution in [0, 0.1) is 6.92 Å². The van der Waals surface area contributed by atoms with E-state index >= 15 is 0 Å². The van der Waals surface area contributed by atoms with E-state index in [4.69, 9.17) is 5.11 Å². The average molecular weight is 226 g/mol. The van der Waals surface area contributed by atoms with Gasteiger partial charge in [-0.2, -0.15) is 11.8 Å². The van der Waals surface area contributed by atoms with Crippen molar-refractivity contribution >= 4 is 23.4 Å². The normalized spacial score (nSPS) is 10.0. The monoisotopic (exact) mass is 226 g/mol. The molecule has 82 valence electrons. The predicted molar refractivity (Wildman–Crippen MR) is 62.8 cm³/mol. The van der Waals surface area contributed by atoms with Crippen LogP contribution in [0.1, 0.15) is 16.1 Å². The van der Waals surface area contributed by atoms with Crippen LogP contribution in [0.5, 0.6) is 0 Å². The minimum atomic E-state index is -0.950. The summed E-state index contributed by atoms with van der Waals surface area (Å²) in [4.78, 5) is 14.8. The van der Waals surface area contributed by atoms with E-state index in [-0.39, 0.29) is 5.56 Å². The Morgan fingerprint density at radius 2 is 2.40 bits per heavy atom. The van der Waals surface area contributed by atoms with Gasteiger partial charge in [0.1, 0.15) is 5.56 Å². The molecule has 0 spiro atoms. The van der Waals surface area contributed by atoms with Crippen LogP contribution in [0.3, 0.4) is 0 Å². The Labute approximate surface area is 93.1 Å². The van der Waals surface area contributed by atoms with Crippen LogP contribution in [0.4, 0.5) is 5.69 Å². The Kier molecular flexibility index (Phi) is 4.42. The molecule has 1 heterocycles. The summed E-state index contributed by atoms with van der Waals surface area (Å²) in [7, 11) is 0. The van der Waals surface area contributed by atoms with Gasteiger partial charge in [-0.15, -0.1) is 0 Å². The minimum absolute atomic E-state index is 0.224. The van der Waals surface area contributed by atoms with Gasteiger partial charge in [-0.25, -0.2) is 4.79 Å². The van der Waals surface area contributed by atoms with Crippen LogP contribution in [0.25, 0.3) is 0 Å². The van der Waals surface area contributed by atoms with Crippen molar-refractivity contribution in [1.29, 1.82) is 0 Å². The van der Waals surface area contributed by atoms with Crippen LogP contribution in [0.2, 0.25) is 0 Å². The molecule has 0 bridgehead atoms. The molecule has 0 saturated heterocycles. The van der Waals surface area contributed by atoms with Crippen molar-refractivity contribution in [3.8, 4) is 0 Å². The van der Waals surface area contributed by atoms with Gasteiger partial charge in [0.25, 0.3) is 0 Å². The standard InChI is InChI=1S/C10H14N2O2S/c1-7-5-9(11-3-4-15-2)8(6-12-7)10(13)14/h5-6H,3-4H2,1-2H3,(H,11,12)(H,13,14). The molecule has 0 atom stereocenters. The molecule has 0 unspecified atom stereocenters. The first kappa shape index (κ1) is 11.8. The molecule has 0 aliphatic heterocycles. The molecule has 15 heavy (non-hydrogen) atoms. The third-order valence-corrected chi connectivity index (χ3v) is 2.51. The highest BCUT2D eigenvalue weighted by Gasteiger charge is 2.09. The molecule has 1 aromatic heterocycles. The largest absolute Gasteiger partial charge is 0.478 e. The first-order chi connectivity index (χ1) is 7.15. The highest BCUT2D eigenvalue weighted by molar-refractivity contribution is 7.98. The number of nitrogens with zero attached hydrogens (tertiary/aromatic N) is 1. The minimum Gasteiger partial charge on any atom is -0.478 e. The summed E-state index contributed by atoms with van der Waals surface area (Å²) in [6.07, 6.45) is 3.40. The van der Waals surface area contributed by atoms with Crippen LogP contribution in [-0.2, 0) is 0 Å². The maximum Gasteiger partial charge on any atom is 0.339 e. The molecule has 0 amide bonds. The Bertz CT molecular complexity index is 355. The van der Waals surface area contributed by atoms with E-state index in [0.717, 1.165) is 18.0 Å². The Hall–Kier alpha value is -1.23. The van der Waals surface area contributed by atoms with Crippen molar-refractivity contribution in [2.24, 2.45) is 0 Å². The van der Waals surface area contributed by atoms with Crippen molar-refractivity contribution in [2.45, 2.75) is 6.92 Å². The molecule has 0 aromatic carbocycles. The van der Waals surface area contributed by atoms with Crippen LogP contribution in [0.15, 0.2) is 12.3 Å². The zero-order valence-electron chi connectivity index (χ0n) is 8.78. The third kappa shape index (κ3) is 3.43. The lowest BCUT2D eigenvalue weighted by Gasteiger charge is -2.09. The summed E-state index contributed by atoms with van der Waals surface area (Å²) in [6.45, 7) is 2.59. The van der Waals surface area contributed by atoms with E-state index in [2.05, 4.69) is 10.3 Å². The molecule has 0 aliphatic carbocycles. The summed E-state index contributed by atoms with van der Waals surface area (Å²) in [5, 5.41) is 12.0. The van der Waals surface area contributed by atoms with E-state index in [1.165, 1.54) is 6.20 Å². The summed E-state index contributed by atoms with van der Waals surface area (Å²) in [5.41, 5.74) is 1.68. The maximum atomic E-state index is 10.9. The molecule has 1 rings (SSSR count). The summed E-state index contributed by atoms with van der Waals surface area (Å²) < 4.78 is 0. The van der Waals surface area contributed by atoms with Gasteiger partial charge in [-0.05, 0) is 19.2 Å². The van der Waals surface area contributed by atoms with Gasteiger partial charge in [0.2, 0.25) is 0 Å². The fourth-order valence-corrected chi connectivity index (χ4v) is 1.47. The Balaban J connectivity index is 2.82.